The van der Waals surface area contributed by atoms with Gasteiger partial charge in [-0.05, 0) is 24.3 Å². The number of aliphatic carboxylic acids is 1. The molecule has 21 heavy (non-hydrogen) atoms. The molecule has 1 aliphatic heterocycles. The van der Waals surface area contributed by atoms with Crippen molar-refractivity contribution in [3.05, 3.63) is 24.3 Å². The molecular formula is C14H17NO5S. The molecule has 0 bridgehead atoms. The molecule has 0 aromatic heterocycles. The Morgan fingerprint density at radius 3 is 2.67 bits per heavy atom. The van der Waals surface area contributed by atoms with E-state index in [1.54, 1.807) is 24.3 Å². The van der Waals surface area contributed by atoms with Gasteiger partial charge in [0.15, 0.2) is 18.1 Å². The molecule has 7 heteroatoms. The highest BCUT2D eigenvalue weighted by Gasteiger charge is 2.43. The lowest BCUT2D eigenvalue weighted by Gasteiger charge is -2.24. The van der Waals surface area contributed by atoms with E-state index in [4.69, 9.17) is 9.47 Å². The molecule has 1 amide bonds. The second-order valence-corrected chi connectivity index (χ2v) is 5.78. The molecule has 0 aliphatic carbocycles. The van der Waals surface area contributed by atoms with Gasteiger partial charge in [0, 0.05) is 5.75 Å². The van der Waals surface area contributed by atoms with Crippen molar-refractivity contribution in [2.24, 2.45) is 0 Å². The van der Waals surface area contributed by atoms with Gasteiger partial charge in [-0.2, -0.15) is 11.8 Å². The molecule has 0 spiro atoms. The Balaban J connectivity index is 1.94. The maximum atomic E-state index is 11.9. The molecule has 1 aliphatic rings. The van der Waals surface area contributed by atoms with Crippen LogP contribution in [0.1, 0.15) is 6.42 Å². The smallest absolute Gasteiger partial charge is 0.330 e. The molecule has 1 saturated heterocycles. The first-order valence-corrected chi connectivity index (χ1v) is 7.61. The number of hydrogen-bond acceptors (Lipinski definition) is 5. The van der Waals surface area contributed by atoms with Gasteiger partial charge in [-0.1, -0.05) is 12.1 Å². The maximum Gasteiger partial charge on any atom is 0.330 e. The fraction of sp³-hybridized carbons (Fsp3) is 0.429. The van der Waals surface area contributed by atoms with Crippen LogP contribution in [-0.2, 0) is 9.59 Å². The van der Waals surface area contributed by atoms with Gasteiger partial charge < -0.3 is 19.9 Å². The van der Waals surface area contributed by atoms with E-state index in [0.29, 0.717) is 23.7 Å². The number of thioether (sulfide) groups is 1. The molecule has 2 rings (SSSR count). The Bertz CT molecular complexity index is 528. The van der Waals surface area contributed by atoms with Crippen LogP contribution in [0.2, 0.25) is 0 Å². The van der Waals surface area contributed by atoms with Crippen LogP contribution in [-0.4, -0.2) is 47.7 Å². The lowest BCUT2D eigenvalue weighted by molar-refractivity contribution is -0.146. The molecule has 2 N–H and O–H groups in total. The summed E-state index contributed by atoms with van der Waals surface area (Å²) in [6, 6.07) is 6.97. The summed E-state index contributed by atoms with van der Waals surface area (Å²) >= 11 is 1.52. The summed E-state index contributed by atoms with van der Waals surface area (Å²) in [6.45, 7) is -0.250. The van der Waals surface area contributed by atoms with E-state index in [-0.39, 0.29) is 6.61 Å². The Hall–Kier alpha value is -1.89. The largest absolute Gasteiger partial charge is 0.493 e. The average molecular weight is 311 g/mol. The van der Waals surface area contributed by atoms with Crippen molar-refractivity contribution in [1.29, 1.82) is 0 Å². The predicted molar refractivity (Wildman–Crippen MR) is 78.9 cm³/mol. The van der Waals surface area contributed by atoms with E-state index in [2.05, 4.69) is 5.32 Å². The van der Waals surface area contributed by atoms with Crippen LogP contribution in [0.3, 0.4) is 0 Å². The van der Waals surface area contributed by atoms with E-state index < -0.39 is 17.4 Å². The van der Waals surface area contributed by atoms with Gasteiger partial charge in [0.1, 0.15) is 5.54 Å². The number of para-hydroxylation sites is 2. The summed E-state index contributed by atoms with van der Waals surface area (Å²) in [5, 5.41) is 11.9. The highest BCUT2D eigenvalue weighted by Crippen LogP contribution is 2.28. The molecule has 6 nitrogen and oxygen atoms in total. The number of carbonyl (C=O) groups is 2. The maximum absolute atomic E-state index is 11.9. The normalized spacial score (nSPS) is 20.8. The summed E-state index contributed by atoms with van der Waals surface area (Å²) in [5.74, 6) is 0.613. The Morgan fingerprint density at radius 1 is 1.38 bits per heavy atom. The highest BCUT2D eigenvalue weighted by atomic mass is 32.2. The quantitative estimate of drug-likeness (QED) is 0.820. The summed E-state index contributed by atoms with van der Waals surface area (Å²) < 4.78 is 10.5. The molecule has 1 atom stereocenters. The van der Waals surface area contributed by atoms with Gasteiger partial charge in [-0.3, -0.25) is 4.79 Å². The standard InChI is InChI=1S/C14H17NO5S/c1-19-10-4-2-3-5-11(10)20-8-12(16)15-14(13(17)18)6-7-21-9-14/h2-5H,6-9H2,1H3,(H,15,16)(H,17,18). The number of carboxylic acid groups (broad SMARTS) is 1. The second-order valence-electron chi connectivity index (χ2n) is 4.68. The third kappa shape index (κ3) is 3.60. The molecule has 114 valence electrons. The molecule has 1 aromatic rings. The van der Waals surface area contributed by atoms with Gasteiger partial charge in [0.05, 0.1) is 7.11 Å². The van der Waals surface area contributed by atoms with Crippen LogP contribution in [0.25, 0.3) is 0 Å². The van der Waals surface area contributed by atoms with Crippen molar-refractivity contribution in [2.75, 3.05) is 25.2 Å². The van der Waals surface area contributed by atoms with Gasteiger partial charge in [-0.15, -0.1) is 0 Å². The van der Waals surface area contributed by atoms with Crippen molar-refractivity contribution in [1.82, 2.24) is 5.32 Å². The van der Waals surface area contributed by atoms with Gasteiger partial charge >= 0.3 is 5.97 Å². The van der Waals surface area contributed by atoms with E-state index in [1.165, 1.54) is 18.9 Å². The minimum Gasteiger partial charge on any atom is -0.493 e. The summed E-state index contributed by atoms with van der Waals surface area (Å²) in [5.41, 5.74) is -1.17. The van der Waals surface area contributed by atoms with Gasteiger partial charge in [-0.25, -0.2) is 4.79 Å². The number of benzene rings is 1. The average Bonchev–Trinajstić information content (AvgIpc) is 2.95. The number of carboxylic acids is 1. The monoisotopic (exact) mass is 311 g/mol. The first-order chi connectivity index (χ1) is 10.1. The van der Waals surface area contributed by atoms with E-state index in [1.807, 2.05) is 0 Å². The highest BCUT2D eigenvalue weighted by molar-refractivity contribution is 7.99. The Kier molecular flexibility index (Phi) is 4.95. The van der Waals surface area contributed by atoms with Crippen molar-refractivity contribution >= 4 is 23.6 Å². The van der Waals surface area contributed by atoms with Crippen LogP contribution in [0, 0.1) is 0 Å². The minimum atomic E-state index is -1.17. The summed E-state index contributed by atoms with van der Waals surface area (Å²) in [4.78, 5) is 23.3. The number of amides is 1. The van der Waals surface area contributed by atoms with Crippen LogP contribution >= 0.6 is 11.8 Å². The van der Waals surface area contributed by atoms with E-state index >= 15 is 0 Å². The van der Waals surface area contributed by atoms with Crippen molar-refractivity contribution in [2.45, 2.75) is 12.0 Å². The van der Waals surface area contributed by atoms with Gasteiger partial charge in [0.25, 0.3) is 5.91 Å². The van der Waals surface area contributed by atoms with Crippen LogP contribution in [0.4, 0.5) is 0 Å². The summed E-state index contributed by atoms with van der Waals surface area (Å²) in [7, 11) is 1.51. The van der Waals surface area contributed by atoms with Crippen LogP contribution < -0.4 is 14.8 Å². The third-order valence-corrected chi connectivity index (χ3v) is 4.43. The van der Waals surface area contributed by atoms with Gasteiger partial charge in [0.2, 0.25) is 0 Å². The number of rotatable bonds is 6. The fourth-order valence-corrected chi connectivity index (χ4v) is 3.40. The fourth-order valence-electron chi connectivity index (χ4n) is 2.07. The number of carbonyl (C=O) groups excluding carboxylic acids is 1. The Labute approximate surface area is 126 Å². The lowest BCUT2D eigenvalue weighted by atomic mass is 9.99. The predicted octanol–water partition coefficient (Wildman–Crippen LogP) is 1.15. The van der Waals surface area contributed by atoms with Crippen molar-refractivity contribution in [3.63, 3.8) is 0 Å². The van der Waals surface area contributed by atoms with Crippen LogP contribution in [0.15, 0.2) is 24.3 Å². The third-order valence-electron chi connectivity index (χ3n) is 3.24. The Morgan fingerprint density at radius 2 is 2.10 bits per heavy atom. The molecule has 0 saturated carbocycles. The zero-order valence-electron chi connectivity index (χ0n) is 11.6. The molecule has 1 unspecified atom stereocenters. The topological polar surface area (TPSA) is 84.9 Å². The number of ether oxygens (including phenoxy) is 2. The minimum absolute atomic E-state index is 0.250. The van der Waals surface area contributed by atoms with Crippen LogP contribution in [0.5, 0.6) is 11.5 Å². The van der Waals surface area contributed by atoms with E-state index in [9.17, 15) is 14.7 Å². The molecule has 1 fully saturated rings. The lowest BCUT2D eigenvalue weighted by Crippen LogP contribution is -2.55. The SMILES string of the molecule is COc1ccccc1OCC(=O)NC1(C(=O)O)CCSC1. The number of methoxy groups -OCH3 is 1. The number of hydrogen-bond donors (Lipinski definition) is 2. The van der Waals surface area contributed by atoms with Crippen molar-refractivity contribution in [3.8, 4) is 11.5 Å². The molecule has 0 radical (unpaired) electrons. The number of nitrogens with one attached hydrogen (secondary N) is 1. The zero-order chi connectivity index (χ0) is 15.3. The first kappa shape index (κ1) is 15.5. The van der Waals surface area contributed by atoms with E-state index in [0.717, 1.165) is 5.75 Å². The van der Waals surface area contributed by atoms with Crippen molar-refractivity contribution < 1.29 is 24.2 Å². The summed E-state index contributed by atoms with van der Waals surface area (Å²) in [6.07, 6.45) is 0.424. The second kappa shape index (κ2) is 6.71. The molecule has 1 aromatic carbocycles. The molecule has 1 heterocycles. The zero-order valence-corrected chi connectivity index (χ0v) is 12.4. The first-order valence-electron chi connectivity index (χ1n) is 6.45. The molecular weight excluding hydrogens is 294 g/mol.